The van der Waals surface area contributed by atoms with Gasteiger partial charge in [-0.05, 0) is 44.6 Å². The van der Waals surface area contributed by atoms with Gasteiger partial charge in [-0.1, -0.05) is 59.1 Å². The summed E-state index contributed by atoms with van der Waals surface area (Å²) in [6.07, 6.45) is 6.98. The third-order valence-electron chi connectivity index (χ3n) is 4.59. The van der Waals surface area contributed by atoms with E-state index in [4.69, 9.17) is 9.47 Å². The summed E-state index contributed by atoms with van der Waals surface area (Å²) in [6, 6.07) is 8.92. The Hall–Kier alpha value is -0.380. The van der Waals surface area contributed by atoms with Gasteiger partial charge in [-0.25, -0.2) is 0 Å². The minimum absolute atomic E-state index is 0.00491. The van der Waals surface area contributed by atoms with Crippen molar-refractivity contribution in [1.29, 1.82) is 0 Å². The Bertz CT molecular complexity index is 426. The Morgan fingerprint density at radius 1 is 1.23 bits per heavy atom. The third kappa shape index (κ3) is 5.36. The Labute approximate surface area is 143 Å². The molecule has 0 bridgehead atoms. The third-order valence-corrected chi connectivity index (χ3v) is 5.15. The molecular formula is C19H29BrO2. The van der Waals surface area contributed by atoms with Gasteiger partial charge >= 0.3 is 0 Å². The van der Waals surface area contributed by atoms with E-state index in [1.165, 1.54) is 36.8 Å². The molecule has 2 rings (SSSR count). The van der Waals surface area contributed by atoms with Crippen LogP contribution in [-0.4, -0.2) is 24.8 Å². The lowest BCUT2D eigenvalue weighted by molar-refractivity contribution is -0.171. The van der Waals surface area contributed by atoms with E-state index in [2.05, 4.69) is 54.0 Å². The van der Waals surface area contributed by atoms with Crippen LogP contribution in [0, 0.1) is 6.92 Å². The van der Waals surface area contributed by atoms with Crippen molar-refractivity contribution in [1.82, 2.24) is 0 Å². The molecule has 0 amide bonds. The van der Waals surface area contributed by atoms with Crippen molar-refractivity contribution in [3.63, 3.8) is 0 Å². The number of alkyl halides is 1. The van der Waals surface area contributed by atoms with Gasteiger partial charge in [-0.15, -0.1) is 0 Å². The molecule has 0 saturated carbocycles. The van der Waals surface area contributed by atoms with Gasteiger partial charge in [-0.3, -0.25) is 0 Å². The predicted molar refractivity (Wildman–Crippen MR) is 95.7 cm³/mol. The van der Waals surface area contributed by atoms with Crippen LogP contribution in [0.1, 0.15) is 56.6 Å². The smallest absolute Gasteiger partial charge is 0.157 e. The Morgan fingerprint density at radius 2 is 2.00 bits per heavy atom. The fraction of sp³-hybridized carbons (Fsp3) is 0.684. The van der Waals surface area contributed by atoms with Crippen LogP contribution in [0.2, 0.25) is 0 Å². The molecule has 1 aromatic carbocycles. The molecule has 0 unspecified atom stereocenters. The summed E-state index contributed by atoms with van der Waals surface area (Å²) in [5.74, 6) is 0. The van der Waals surface area contributed by atoms with Gasteiger partial charge < -0.3 is 9.47 Å². The maximum absolute atomic E-state index is 6.13. The van der Waals surface area contributed by atoms with E-state index in [0.29, 0.717) is 0 Å². The summed E-state index contributed by atoms with van der Waals surface area (Å²) < 4.78 is 11.9. The molecule has 1 saturated heterocycles. The molecule has 1 aliphatic heterocycles. The molecule has 22 heavy (non-hydrogen) atoms. The normalized spacial score (nSPS) is 21.5. The van der Waals surface area contributed by atoms with Crippen molar-refractivity contribution < 1.29 is 9.47 Å². The quantitative estimate of drug-likeness (QED) is 0.454. The van der Waals surface area contributed by atoms with Gasteiger partial charge in [0.2, 0.25) is 0 Å². The van der Waals surface area contributed by atoms with Crippen molar-refractivity contribution in [3.05, 3.63) is 35.4 Å². The first-order valence-corrected chi connectivity index (χ1v) is 9.62. The summed E-state index contributed by atoms with van der Waals surface area (Å²) in [5, 5.41) is 1.07. The molecule has 0 radical (unpaired) electrons. The van der Waals surface area contributed by atoms with Crippen molar-refractivity contribution in [2.45, 2.75) is 64.1 Å². The Morgan fingerprint density at radius 3 is 2.64 bits per heavy atom. The number of aryl methyl sites for hydroxylation is 1. The van der Waals surface area contributed by atoms with E-state index in [9.17, 15) is 0 Å². The monoisotopic (exact) mass is 368 g/mol. The molecule has 1 aromatic rings. The zero-order valence-electron chi connectivity index (χ0n) is 13.9. The van der Waals surface area contributed by atoms with Crippen LogP contribution < -0.4 is 0 Å². The number of hydrogen-bond acceptors (Lipinski definition) is 2. The van der Waals surface area contributed by atoms with Crippen LogP contribution in [0.4, 0.5) is 0 Å². The minimum Gasteiger partial charge on any atom is -0.353 e. The van der Waals surface area contributed by atoms with Crippen molar-refractivity contribution in [3.8, 4) is 0 Å². The lowest BCUT2D eigenvalue weighted by Crippen LogP contribution is -2.33. The SMILES string of the molecule is Cc1ccc([C@](C)(CCCCBr)CO[C@H]2CCCCO2)cc1. The second kappa shape index (κ2) is 9.05. The van der Waals surface area contributed by atoms with E-state index in [1.807, 2.05) is 0 Å². The molecule has 124 valence electrons. The Kier molecular flexibility index (Phi) is 7.39. The summed E-state index contributed by atoms with van der Waals surface area (Å²) in [4.78, 5) is 0. The van der Waals surface area contributed by atoms with Crippen molar-refractivity contribution >= 4 is 15.9 Å². The maximum Gasteiger partial charge on any atom is 0.157 e. The first-order chi connectivity index (χ1) is 10.6. The minimum atomic E-state index is -0.00491. The molecule has 3 heteroatoms. The van der Waals surface area contributed by atoms with E-state index in [-0.39, 0.29) is 11.7 Å². The zero-order valence-corrected chi connectivity index (χ0v) is 15.5. The molecule has 1 aliphatic rings. The van der Waals surface area contributed by atoms with Gasteiger partial charge in [0.1, 0.15) is 0 Å². The first kappa shape index (κ1) is 18.0. The molecule has 0 aromatic heterocycles. The molecule has 0 N–H and O–H groups in total. The van der Waals surface area contributed by atoms with Crippen molar-refractivity contribution in [2.75, 3.05) is 18.5 Å². The summed E-state index contributed by atoms with van der Waals surface area (Å²) in [6.45, 7) is 6.05. The summed E-state index contributed by atoms with van der Waals surface area (Å²) in [7, 11) is 0. The van der Waals surface area contributed by atoms with Gasteiger partial charge in [0.25, 0.3) is 0 Å². The second-order valence-corrected chi connectivity index (χ2v) is 7.47. The van der Waals surface area contributed by atoms with Crippen LogP contribution in [0.25, 0.3) is 0 Å². The lowest BCUT2D eigenvalue weighted by atomic mass is 9.78. The average molecular weight is 369 g/mol. The van der Waals surface area contributed by atoms with E-state index in [0.717, 1.165) is 31.4 Å². The fourth-order valence-corrected chi connectivity index (χ4v) is 3.38. The standard InChI is InChI=1S/C19H29BrO2/c1-16-8-10-17(11-9-16)19(2,12-4-5-13-20)15-22-18-7-3-6-14-21-18/h8-11,18H,3-7,12-15H2,1-2H3/t18-,19+/m0/s1. The summed E-state index contributed by atoms with van der Waals surface area (Å²) in [5.41, 5.74) is 2.75. The molecule has 2 atom stereocenters. The van der Waals surface area contributed by atoms with Crippen LogP contribution in [0.3, 0.4) is 0 Å². The molecule has 1 fully saturated rings. The number of halogens is 1. The van der Waals surface area contributed by atoms with Gasteiger partial charge in [0.05, 0.1) is 6.61 Å². The van der Waals surface area contributed by atoms with E-state index in [1.54, 1.807) is 0 Å². The number of hydrogen-bond donors (Lipinski definition) is 0. The first-order valence-electron chi connectivity index (χ1n) is 8.50. The van der Waals surface area contributed by atoms with Crippen LogP contribution in [0.15, 0.2) is 24.3 Å². The number of ether oxygens (including phenoxy) is 2. The highest BCUT2D eigenvalue weighted by Crippen LogP contribution is 2.31. The highest BCUT2D eigenvalue weighted by molar-refractivity contribution is 9.09. The largest absolute Gasteiger partial charge is 0.353 e. The average Bonchev–Trinajstić information content (AvgIpc) is 2.55. The van der Waals surface area contributed by atoms with Gasteiger partial charge in [0, 0.05) is 17.4 Å². The molecular weight excluding hydrogens is 340 g/mol. The van der Waals surface area contributed by atoms with Gasteiger partial charge in [-0.2, -0.15) is 0 Å². The number of unbranched alkanes of at least 4 members (excludes halogenated alkanes) is 1. The van der Waals surface area contributed by atoms with Crippen molar-refractivity contribution in [2.24, 2.45) is 0 Å². The Balaban J connectivity index is 2.01. The van der Waals surface area contributed by atoms with Crippen LogP contribution in [0.5, 0.6) is 0 Å². The second-order valence-electron chi connectivity index (χ2n) is 6.68. The summed E-state index contributed by atoms with van der Waals surface area (Å²) >= 11 is 3.53. The number of benzene rings is 1. The topological polar surface area (TPSA) is 18.5 Å². The molecule has 0 spiro atoms. The predicted octanol–water partition coefficient (Wildman–Crippen LogP) is 5.36. The van der Waals surface area contributed by atoms with Crippen LogP contribution >= 0.6 is 15.9 Å². The van der Waals surface area contributed by atoms with Crippen LogP contribution in [-0.2, 0) is 14.9 Å². The molecule has 1 heterocycles. The molecule has 0 aliphatic carbocycles. The lowest BCUT2D eigenvalue weighted by Gasteiger charge is -2.33. The molecule has 2 nitrogen and oxygen atoms in total. The van der Waals surface area contributed by atoms with Gasteiger partial charge in [0.15, 0.2) is 6.29 Å². The zero-order chi connectivity index (χ0) is 15.8. The fourth-order valence-electron chi connectivity index (χ4n) is 2.98. The maximum atomic E-state index is 6.13. The van der Waals surface area contributed by atoms with E-state index >= 15 is 0 Å². The van der Waals surface area contributed by atoms with E-state index < -0.39 is 0 Å². The highest BCUT2D eigenvalue weighted by Gasteiger charge is 2.28. The number of rotatable bonds is 8. The highest BCUT2D eigenvalue weighted by atomic mass is 79.9.